The molecule has 1 N–H and O–H groups in total. The molecule has 2 aromatic rings. The van der Waals surface area contributed by atoms with Crippen LogP contribution in [0.3, 0.4) is 0 Å². The van der Waals surface area contributed by atoms with Crippen molar-refractivity contribution in [1.29, 1.82) is 0 Å². The summed E-state index contributed by atoms with van der Waals surface area (Å²) in [4.78, 5) is 20.5. The monoisotopic (exact) mass is 415 g/mol. The molecule has 2 aromatic carbocycles. The number of rotatable bonds is 5. The summed E-state index contributed by atoms with van der Waals surface area (Å²) in [6.45, 7) is 7.35. The van der Waals surface area contributed by atoms with Crippen LogP contribution in [0.2, 0.25) is 0 Å². The summed E-state index contributed by atoms with van der Waals surface area (Å²) >= 11 is 0. The van der Waals surface area contributed by atoms with E-state index in [4.69, 9.17) is 9.73 Å². The molecule has 3 aliphatic heterocycles. The van der Waals surface area contributed by atoms with E-state index in [9.17, 15) is 4.79 Å². The predicted octanol–water partition coefficient (Wildman–Crippen LogP) is 4.58. The van der Waals surface area contributed by atoms with Crippen molar-refractivity contribution in [2.75, 3.05) is 23.9 Å². The Kier molecular flexibility index (Phi) is 4.65. The Balaban J connectivity index is 1.43. The van der Waals surface area contributed by atoms with Crippen LogP contribution in [0.1, 0.15) is 31.9 Å². The van der Waals surface area contributed by atoms with Crippen molar-refractivity contribution in [1.82, 2.24) is 0 Å². The third kappa shape index (κ3) is 3.06. The third-order valence-corrected chi connectivity index (χ3v) is 7.16. The van der Waals surface area contributed by atoms with Gasteiger partial charge >= 0.3 is 0 Å². The molecule has 3 heterocycles. The van der Waals surface area contributed by atoms with E-state index in [1.165, 1.54) is 11.1 Å². The molecule has 0 aromatic heterocycles. The first kappa shape index (κ1) is 19.9. The number of hydrogen-bond acceptors (Lipinski definition) is 4. The molecule has 3 atom stereocenters. The maximum Gasteiger partial charge on any atom is 0.247 e. The van der Waals surface area contributed by atoms with Crippen LogP contribution < -0.4 is 15.0 Å². The van der Waals surface area contributed by atoms with Gasteiger partial charge in [-0.05, 0) is 48.1 Å². The summed E-state index contributed by atoms with van der Waals surface area (Å²) in [5.74, 6) is 0.992. The first-order valence-corrected chi connectivity index (χ1v) is 11.0. The highest BCUT2D eigenvalue weighted by Crippen LogP contribution is 2.54. The van der Waals surface area contributed by atoms with Gasteiger partial charge in [-0.2, -0.15) is 0 Å². The second-order valence-electron chi connectivity index (χ2n) is 9.31. The molecule has 5 rings (SSSR count). The highest BCUT2D eigenvalue weighted by atomic mass is 16.5. The number of amides is 1. The van der Waals surface area contributed by atoms with Crippen LogP contribution in [0, 0.1) is 11.3 Å². The van der Waals surface area contributed by atoms with Crippen LogP contribution in [-0.4, -0.2) is 37.4 Å². The Labute approximate surface area is 183 Å². The summed E-state index contributed by atoms with van der Waals surface area (Å²) in [6.07, 6.45) is 5.34. The van der Waals surface area contributed by atoms with Crippen LogP contribution in [0.5, 0.6) is 5.75 Å². The zero-order valence-electron chi connectivity index (χ0n) is 18.6. The van der Waals surface area contributed by atoms with Crippen LogP contribution >= 0.6 is 0 Å². The fourth-order valence-electron chi connectivity index (χ4n) is 5.68. The number of carbonyl (C=O) groups excluding carboxylic acids is 1. The number of methoxy groups -OCH3 is 1. The van der Waals surface area contributed by atoms with E-state index in [1.807, 2.05) is 24.3 Å². The van der Waals surface area contributed by atoms with E-state index >= 15 is 0 Å². The molecular weight excluding hydrogens is 386 g/mol. The van der Waals surface area contributed by atoms with E-state index in [2.05, 4.69) is 61.3 Å². The number of anilines is 2. The molecule has 0 saturated carbocycles. The van der Waals surface area contributed by atoms with E-state index in [1.54, 1.807) is 7.11 Å². The average Bonchev–Trinajstić information content (AvgIpc) is 3.01. The molecule has 0 radical (unpaired) electrons. The zero-order chi connectivity index (χ0) is 21.8. The van der Waals surface area contributed by atoms with E-state index in [0.717, 1.165) is 29.3 Å². The van der Waals surface area contributed by atoms with Gasteiger partial charge in [-0.15, -0.1) is 0 Å². The second kappa shape index (κ2) is 7.26. The molecule has 3 aliphatic rings. The zero-order valence-corrected chi connectivity index (χ0v) is 18.6. The van der Waals surface area contributed by atoms with Crippen molar-refractivity contribution in [3.63, 3.8) is 0 Å². The molecule has 1 saturated heterocycles. The number of benzene rings is 2. The molecule has 1 fully saturated rings. The van der Waals surface area contributed by atoms with Gasteiger partial charge in [0.15, 0.2) is 0 Å². The van der Waals surface area contributed by atoms with E-state index < -0.39 is 0 Å². The lowest BCUT2D eigenvalue weighted by molar-refractivity contribution is -0.118. The lowest BCUT2D eigenvalue weighted by Crippen LogP contribution is -2.50. The van der Waals surface area contributed by atoms with Gasteiger partial charge in [0.05, 0.1) is 24.5 Å². The van der Waals surface area contributed by atoms with Gasteiger partial charge in [0, 0.05) is 18.2 Å². The number of aliphatic imine (C=N–C) groups is 1. The quantitative estimate of drug-likeness (QED) is 0.728. The maximum absolute atomic E-state index is 13.2. The van der Waals surface area contributed by atoms with Gasteiger partial charge in [0.2, 0.25) is 5.91 Å². The van der Waals surface area contributed by atoms with Gasteiger partial charge in [-0.3, -0.25) is 9.79 Å². The lowest BCUT2D eigenvalue weighted by atomic mass is 9.72. The highest BCUT2D eigenvalue weighted by Gasteiger charge is 2.59. The summed E-state index contributed by atoms with van der Waals surface area (Å²) in [5, 5.41) is 3.16. The Bertz CT molecular complexity index is 1080. The van der Waals surface area contributed by atoms with Crippen LogP contribution in [-0.2, 0) is 11.2 Å². The van der Waals surface area contributed by atoms with Crippen molar-refractivity contribution in [3.05, 3.63) is 59.7 Å². The normalized spacial score (nSPS) is 25.3. The van der Waals surface area contributed by atoms with Gasteiger partial charge in [0.1, 0.15) is 11.8 Å². The van der Waals surface area contributed by atoms with Gasteiger partial charge in [-0.1, -0.05) is 50.3 Å². The molecule has 1 amide bonds. The Morgan fingerprint density at radius 3 is 2.71 bits per heavy atom. The topological polar surface area (TPSA) is 53.9 Å². The lowest BCUT2D eigenvalue weighted by Gasteiger charge is -2.40. The predicted molar refractivity (Wildman–Crippen MR) is 126 cm³/mol. The van der Waals surface area contributed by atoms with Crippen molar-refractivity contribution < 1.29 is 9.53 Å². The first-order valence-electron chi connectivity index (χ1n) is 11.0. The fourth-order valence-corrected chi connectivity index (χ4v) is 5.68. The number of nitrogens with zero attached hydrogens (tertiary/aromatic N) is 2. The molecule has 5 heteroatoms. The van der Waals surface area contributed by atoms with E-state index in [0.29, 0.717) is 6.54 Å². The summed E-state index contributed by atoms with van der Waals surface area (Å²) < 4.78 is 5.24. The Morgan fingerprint density at radius 2 is 1.97 bits per heavy atom. The maximum atomic E-state index is 13.2. The number of nitrogens with one attached hydrogen (secondary N) is 1. The van der Waals surface area contributed by atoms with Crippen LogP contribution in [0.25, 0.3) is 6.08 Å². The SMILES string of the molecule is COc1ccc(CCN=C(C)C2C3C(=O)Nc4cccc5c4N3C(C=C5)C2(C)C)cc1. The van der Waals surface area contributed by atoms with Gasteiger partial charge in [0.25, 0.3) is 0 Å². The Morgan fingerprint density at radius 1 is 1.19 bits per heavy atom. The number of carbonyl (C=O) groups is 1. The summed E-state index contributed by atoms with van der Waals surface area (Å²) in [5.41, 5.74) is 5.42. The minimum absolute atomic E-state index is 0.0531. The average molecular weight is 416 g/mol. The van der Waals surface area contributed by atoms with Crippen molar-refractivity contribution >= 4 is 29.1 Å². The smallest absolute Gasteiger partial charge is 0.247 e. The van der Waals surface area contributed by atoms with Gasteiger partial charge in [-0.25, -0.2) is 0 Å². The molecule has 3 unspecified atom stereocenters. The summed E-state index contributed by atoms with van der Waals surface area (Å²) in [7, 11) is 1.68. The number of ether oxygens (including phenoxy) is 1. The fraction of sp³-hybridized carbons (Fsp3) is 0.385. The Hall–Kier alpha value is -3.08. The minimum atomic E-state index is -0.233. The number of hydrogen-bond donors (Lipinski definition) is 1. The van der Waals surface area contributed by atoms with Crippen LogP contribution in [0.15, 0.2) is 53.5 Å². The largest absolute Gasteiger partial charge is 0.497 e. The molecular formula is C26H29N3O2. The van der Waals surface area contributed by atoms with Crippen molar-refractivity contribution in [2.24, 2.45) is 16.3 Å². The molecule has 0 spiro atoms. The van der Waals surface area contributed by atoms with Crippen molar-refractivity contribution in [3.8, 4) is 5.75 Å². The highest BCUT2D eigenvalue weighted by molar-refractivity contribution is 6.10. The van der Waals surface area contributed by atoms with Gasteiger partial charge < -0.3 is 15.0 Å². The molecule has 160 valence electrons. The second-order valence-corrected chi connectivity index (χ2v) is 9.31. The molecule has 0 bridgehead atoms. The summed E-state index contributed by atoms with van der Waals surface area (Å²) in [6, 6.07) is 14.2. The van der Waals surface area contributed by atoms with Crippen LogP contribution in [0.4, 0.5) is 11.4 Å². The van der Waals surface area contributed by atoms with E-state index in [-0.39, 0.29) is 29.3 Å². The third-order valence-electron chi connectivity index (χ3n) is 7.16. The first-order chi connectivity index (χ1) is 14.9. The minimum Gasteiger partial charge on any atom is -0.497 e. The standard InChI is InChI=1S/C26H29N3O2/c1-16(27-15-14-17-8-11-19(31-4)12-9-17)22-24-25(30)28-20-7-5-6-18-10-13-21(26(22,2)3)29(24)23(18)20/h5-13,21-22,24H,14-15H2,1-4H3,(H,28,30). The van der Waals surface area contributed by atoms with Crippen molar-refractivity contribution in [2.45, 2.75) is 39.3 Å². The molecule has 5 nitrogen and oxygen atoms in total. The molecule has 31 heavy (non-hydrogen) atoms. The molecule has 0 aliphatic carbocycles. The number of para-hydroxylation sites is 1.